The molecule has 0 saturated heterocycles. The molecule has 0 aromatic heterocycles. The van der Waals surface area contributed by atoms with Crippen molar-refractivity contribution in [2.45, 2.75) is 38.6 Å². The van der Waals surface area contributed by atoms with Gasteiger partial charge in [0, 0.05) is 12.5 Å². The Kier molecular flexibility index (Phi) is 5.35. The van der Waals surface area contributed by atoms with Crippen LogP contribution in [0.5, 0.6) is 0 Å². The largest absolute Gasteiger partial charge is 0.328 e. The summed E-state index contributed by atoms with van der Waals surface area (Å²) in [5.41, 5.74) is 5.52. The van der Waals surface area contributed by atoms with Crippen molar-refractivity contribution in [1.82, 2.24) is 0 Å². The first kappa shape index (κ1) is 8.52. The fourth-order valence-corrected chi connectivity index (χ4v) is 0.693. The molecule has 2 N–H and O–H groups in total. The summed E-state index contributed by atoms with van der Waals surface area (Å²) in [5, 5.41) is 0. The second-order valence-corrected chi connectivity index (χ2v) is 2.43. The Morgan fingerprint density at radius 1 is 1.56 bits per heavy atom. The number of hydrogen-bond acceptors (Lipinski definition) is 1. The van der Waals surface area contributed by atoms with E-state index in [2.05, 4.69) is 5.92 Å². The van der Waals surface area contributed by atoms with E-state index in [0.717, 1.165) is 19.3 Å². The summed E-state index contributed by atoms with van der Waals surface area (Å²) in [6.07, 6.45) is 9.35. The van der Waals surface area contributed by atoms with Crippen LogP contribution in [0.25, 0.3) is 0 Å². The summed E-state index contributed by atoms with van der Waals surface area (Å²) in [6.45, 7) is 2.02. The zero-order chi connectivity index (χ0) is 7.11. The van der Waals surface area contributed by atoms with Crippen molar-refractivity contribution in [3.8, 4) is 12.3 Å². The molecule has 52 valence electrons. The highest BCUT2D eigenvalue weighted by Crippen LogP contribution is 1.99. The minimum Gasteiger partial charge on any atom is -0.328 e. The van der Waals surface area contributed by atoms with E-state index in [1.165, 1.54) is 6.42 Å². The van der Waals surface area contributed by atoms with Gasteiger partial charge < -0.3 is 5.73 Å². The van der Waals surface area contributed by atoms with Crippen molar-refractivity contribution >= 4 is 0 Å². The lowest BCUT2D eigenvalue weighted by Crippen LogP contribution is -2.13. The Balaban J connectivity index is 2.85. The van der Waals surface area contributed by atoms with E-state index < -0.39 is 0 Å². The molecular weight excluding hydrogens is 110 g/mol. The molecule has 1 nitrogen and oxygen atoms in total. The summed E-state index contributed by atoms with van der Waals surface area (Å²) >= 11 is 0. The van der Waals surface area contributed by atoms with Crippen molar-refractivity contribution < 1.29 is 0 Å². The molecule has 0 rings (SSSR count). The maximum atomic E-state index is 5.52. The molecule has 0 bridgehead atoms. The predicted molar refractivity (Wildman–Crippen MR) is 41.0 cm³/mol. The molecule has 0 aliphatic heterocycles. The first-order valence-corrected chi connectivity index (χ1v) is 3.46. The Morgan fingerprint density at radius 3 is 2.67 bits per heavy atom. The van der Waals surface area contributed by atoms with E-state index in [1.54, 1.807) is 0 Å². The van der Waals surface area contributed by atoms with Crippen LogP contribution < -0.4 is 5.73 Å². The normalized spacial score (nSPS) is 12.6. The van der Waals surface area contributed by atoms with Gasteiger partial charge in [0.15, 0.2) is 0 Å². The zero-order valence-corrected chi connectivity index (χ0v) is 6.06. The highest BCUT2D eigenvalue weighted by molar-refractivity contribution is 4.82. The average molecular weight is 125 g/mol. The molecule has 0 saturated carbocycles. The maximum absolute atomic E-state index is 5.52. The fraction of sp³-hybridized carbons (Fsp3) is 0.750. The molecule has 0 fully saturated rings. The van der Waals surface area contributed by atoms with Crippen molar-refractivity contribution in [2.24, 2.45) is 5.73 Å². The minimum atomic E-state index is 0.336. The average Bonchev–Trinajstić information content (AvgIpc) is 1.80. The molecule has 1 unspecified atom stereocenters. The van der Waals surface area contributed by atoms with Gasteiger partial charge in [-0.15, -0.1) is 12.3 Å². The number of terminal acetylenes is 1. The second-order valence-electron chi connectivity index (χ2n) is 2.43. The fourth-order valence-electron chi connectivity index (χ4n) is 0.693. The van der Waals surface area contributed by atoms with E-state index in [-0.39, 0.29) is 0 Å². The maximum Gasteiger partial charge on any atom is 0.00860 e. The van der Waals surface area contributed by atoms with Gasteiger partial charge >= 0.3 is 0 Å². The highest BCUT2D eigenvalue weighted by atomic mass is 14.6. The van der Waals surface area contributed by atoms with Crippen molar-refractivity contribution in [1.29, 1.82) is 0 Å². The van der Waals surface area contributed by atoms with Gasteiger partial charge in [0.05, 0.1) is 0 Å². The molecule has 0 heterocycles. The van der Waals surface area contributed by atoms with Gasteiger partial charge in [-0.3, -0.25) is 0 Å². The third-order valence-corrected chi connectivity index (χ3v) is 1.23. The van der Waals surface area contributed by atoms with Crippen molar-refractivity contribution in [3.63, 3.8) is 0 Å². The SMILES string of the molecule is C#CCCCCC(C)N. The van der Waals surface area contributed by atoms with E-state index in [0.29, 0.717) is 6.04 Å². The van der Waals surface area contributed by atoms with Crippen LogP contribution in [0.15, 0.2) is 0 Å². The van der Waals surface area contributed by atoms with E-state index in [1.807, 2.05) is 6.92 Å². The van der Waals surface area contributed by atoms with Crippen LogP contribution in [0.4, 0.5) is 0 Å². The third kappa shape index (κ3) is 7.52. The van der Waals surface area contributed by atoms with Gasteiger partial charge in [0.1, 0.15) is 0 Å². The number of rotatable bonds is 4. The lowest BCUT2D eigenvalue weighted by molar-refractivity contribution is 0.604. The monoisotopic (exact) mass is 125 g/mol. The Hall–Kier alpha value is -0.480. The van der Waals surface area contributed by atoms with Gasteiger partial charge in [0.2, 0.25) is 0 Å². The van der Waals surface area contributed by atoms with Gasteiger partial charge in [-0.05, 0) is 19.8 Å². The zero-order valence-electron chi connectivity index (χ0n) is 6.06. The Labute approximate surface area is 57.6 Å². The molecule has 0 amide bonds. The van der Waals surface area contributed by atoms with Crippen LogP contribution in [0.3, 0.4) is 0 Å². The Morgan fingerprint density at radius 2 is 2.22 bits per heavy atom. The predicted octanol–water partition coefficient (Wildman–Crippen LogP) is 1.53. The summed E-state index contributed by atoms with van der Waals surface area (Å²) in [6, 6.07) is 0.336. The smallest absolute Gasteiger partial charge is 0.00860 e. The first-order valence-electron chi connectivity index (χ1n) is 3.46. The minimum absolute atomic E-state index is 0.336. The quantitative estimate of drug-likeness (QED) is 0.447. The highest BCUT2D eigenvalue weighted by Gasteiger charge is 1.91. The number of unbranched alkanes of at least 4 members (excludes halogenated alkanes) is 2. The molecule has 1 atom stereocenters. The molecule has 0 aromatic carbocycles. The molecular formula is C8H15N. The molecule has 0 spiro atoms. The van der Waals surface area contributed by atoms with E-state index >= 15 is 0 Å². The molecule has 0 radical (unpaired) electrons. The molecule has 0 aliphatic rings. The Bertz CT molecular complexity index is 89.2. The van der Waals surface area contributed by atoms with Crippen LogP contribution in [0, 0.1) is 12.3 Å². The van der Waals surface area contributed by atoms with Crippen LogP contribution >= 0.6 is 0 Å². The number of hydrogen-bond donors (Lipinski definition) is 1. The van der Waals surface area contributed by atoms with Crippen LogP contribution in [-0.2, 0) is 0 Å². The summed E-state index contributed by atoms with van der Waals surface area (Å²) < 4.78 is 0. The second kappa shape index (κ2) is 5.65. The first-order chi connectivity index (χ1) is 4.27. The van der Waals surface area contributed by atoms with Gasteiger partial charge in [0.25, 0.3) is 0 Å². The summed E-state index contributed by atoms with van der Waals surface area (Å²) in [7, 11) is 0. The van der Waals surface area contributed by atoms with Gasteiger partial charge in [-0.1, -0.05) is 6.42 Å². The van der Waals surface area contributed by atoms with Crippen molar-refractivity contribution in [3.05, 3.63) is 0 Å². The number of nitrogens with two attached hydrogens (primary N) is 1. The molecule has 0 aliphatic carbocycles. The topological polar surface area (TPSA) is 26.0 Å². The summed E-state index contributed by atoms with van der Waals surface area (Å²) in [4.78, 5) is 0. The van der Waals surface area contributed by atoms with Crippen LogP contribution in [0.2, 0.25) is 0 Å². The molecule has 1 heteroatoms. The third-order valence-electron chi connectivity index (χ3n) is 1.23. The molecule has 9 heavy (non-hydrogen) atoms. The molecule has 0 aromatic rings. The van der Waals surface area contributed by atoms with Gasteiger partial charge in [-0.25, -0.2) is 0 Å². The van der Waals surface area contributed by atoms with Crippen LogP contribution in [0.1, 0.15) is 32.6 Å². The lowest BCUT2D eigenvalue weighted by atomic mass is 10.1. The van der Waals surface area contributed by atoms with Crippen LogP contribution in [-0.4, -0.2) is 6.04 Å². The van der Waals surface area contributed by atoms with E-state index in [4.69, 9.17) is 12.2 Å². The lowest BCUT2D eigenvalue weighted by Gasteiger charge is -2.01. The standard InChI is InChI=1S/C8H15N/c1-3-4-5-6-7-8(2)9/h1,8H,4-7,9H2,2H3. The van der Waals surface area contributed by atoms with E-state index in [9.17, 15) is 0 Å². The summed E-state index contributed by atoms with van der Waals surface area (Å²) in [5.74, 6) is 2.60. The van der Waals surface area contributed by atoms with Crippen molar-refractivity contribution in [2.75, 3.05) is 0 Å². The van der Waals surface area contributed by atoms with Gasteiger partial charge in [-0.2, -0.15) is 0 Å².